The van der Waals surface area contributed by atoms with Crippen LogP contribution in [0.15, 0.2) is 18.3 Å². The number of aryl methyl sites for hydroxylation is 1. The smallest absolute Gasteiger partial charge is 0.272 e. The molecule has 0 aliphatic carbocycles. The van der Waals surface area contributed by atoms with E-state index in [0.717, 1.165) is 31.7 Å². The van der Waals surface area contributed by atoms with Gasteiger partial charge in [-0.05, 0) is 24.6 Å². The van der Waals surface area contributed by atoms with Gasteiger partial charge in [-0.2, -0.15) is 0 Å². The van der Waals surface area contributed by atoms with E-state index in [2.05, 4.69) is 24.1 Å². The van der Waals surface area contributed by atoms with Crippen molar-refractivity contribution in [2.75, 3.05) is 26.2 Å². The molecule has 106 valence electrons. The van der Waals surface area contributed by atoms with Crippen LogP contribution in [0.2, 0.25) is 0 Å². The largest absolute Gasteiger partial charge is 0.335 e. The third-order valence-electron chi connectivity index (χ3n) is 3.04. The Morgan fingerprint density at radius 2 is 1.95 bits per heavy atom. The van der Waals surface area contributed by atoms with E-state index in [9.17, 15) is 4.79 Å². The highest BCUT2D eigenvalue weighted by molar-refractivity contribution is 5.92. The Bertz CT molecular complexity index is 385. The quantitative estimate of drug-likeness (QED) is 0.890. The Kier molecular flexibility index (Phi) is 7.11. The lowest BCUT2D eigenvalue weighted by Crippen LogP contribution is -2.46. The van der Waals surface area contributed by atoms with Gasteiger partial charge in [-0.3, -0.25) is 9.78 Å². The molecule has 0 aromatic carbocycles. The van der Waals surface area contributed by atoms with Gasteiger partial charge >= 0.3 is 0 Å². The summed E-state index contributed by atoms with van der Waals surface area (Å²) in [5.74, 6) is 0.0419. The van der Waals surface area contributed by atoms with Crippen LogP contribution in [0.4, 0.5) is 0 Å². The fourth-order valence-electron chi connectivity index (χ4n) is 1.68. The molecule has 1 amide bonds. The summed E-state index contributed by atoms with van der Waals surface area (Å²) < 4.78 is 0. The van der Waals surface area contributed by atoms with Crippen molar-refractivity contribution < 1.29 is 4.79 Å². The summed E-state index contributed by atoms with van der Waals surface area (Å²) in [4.78, 5) is 17.9. The van der Waals surface area contributed by atoms with Crippen molar-refractivity contribution in [3.63, 3.8) is 0 Å². The number of hydrogen-bond donors (Lipinski definition) is 1. The van der Waals surface area contributed by atoms with Gasteiger partial charge in [0.1, 0.15) is 5.69 Å². The van der Waals surface area contributed by atoms with Gasteiger partial charge in [0, 0.05) is 32.4 Å². The molecule has 0 radical (unpaired) electrons. The average Bonchev–Trinajstić information content (AvgIpc) is 2.47. The predicted octanol–water partition coefficient (Wildman–Crippen LogP) is 2.24. The van der Waals surface area contributed by atoms with Gasteiger partial charge in [-0.1, -0.05) is 26.7 Å². The van der Waals surface area contributed by atoms with Crippen LogP contribution in [-0.2, 0) is 0 Å². The minimum absolute atomic E-state index is 0.0419. The molecule has 2 heterocycles. The lowest BCUT2D eigenvalue weighted by atomic mass is 10.2. The molecule has 1 aromatic heterocycles. The maximum absolute atomic E-state index is 12.0. The standard InChI is InChI=1S/C11H15N3O.C4H10/c1-9-2-3-13-10(8-9)11(15)14-6-4-12-5-7-14;1-3-4-2/h2-3,8,12H,4-7H2,1H3;3-4H2,1-2H3. The first-order valence-electron chi connectivity index (χ1n) is 7.11. The van der Waals surface area contributed by atoms with Crippen molar-refractivity contribution >= 4 is 5.91 Å². The normalized spacial score (nSPS) is 14.6. The Labute approximate surface area is 116 Å². The van der Waals surface area contributed by atoms with Crippen LogP contribution in [0.25, 0.3) is 0 Å². The zero-order valence-corrected chi connectivity index (χ0v) is 12.3. The molecule has 1 N–H and O–H groups in total. The van der Waals surface area contributed by atoms with Crippen molar-refractivity contribution in [3.8, 4) is 0 Å². The Morgan fingerprint density at radius 3 is 2.47 bits per heavy atom. The van der Waals surface area contributed by atoms with Gasteiger partial charge in [-0.25, -0.2) is 0 Å². The second-order valence-electron chi connectivity index (χ2n) is 4.76. The fraction of sp³-hybridized carbons (Fsp3) is 0.600. The topological polar surface area (TPSA) is 45.2 Å². The molecule has 1 fully saturated rings. The molecule has 0 spiro atoms. The van der Waals surface area contributed by atoms with Gasteiger partial charge in [0.05, 0.1) is 0 Å². The molecule has 1 aliphatic heterocycles. The van der Waals surface area contributed by atoms with E-state index < -0.39 is 0 Å². The molecule has 1 aromatic rings. The molecular formula is C15H25N3O. The first-order valence-corrected chi connectivity index (χ1v) is 7.11. The van der Waals surface area contributed by atoms with Gasteiger partial charge < -0.3 is 10.2 Å². The summed E-state index contributed by atoms with van der Waals surface area (Å²) in [6, 6.07) is 3.74. The molecule has 1 aliphatic rings. The molecule has 0 saturated carbocycles. The van der Waals surface area contributed by atoms with Crippen molar-refractivity contribution in [3.05, 3.63) is 29.6 Å². The number of unbranched alkanes of at least 4 members (excludes halogenated alkanes) is 1. The fourth-order valence-corrected chi connectivity index (χ4v) is 1.68. The van der Waals surface area contributed by atoms with Crippen LogP contribution in [0.1, 0.15) is 42.7 Å². The van der Waals surface area contributed by atoms with Gasteiger partial charge in [0.25, 0.3) is 5.91 Å². The molecule has 4 nitrogen and oxygen atoms in total. The average molecular weight is 263 g/mol. The van der Waals surface area contributed by atoms with E-state index in [1.54, 1.807) is 6.20 Å². The highest BCUT2D eigenvalue weighted by Gasteiger charge is 2.18. The Morgan fingerprint density at radius 1 is 1.32 bits per heavy atom. The van der Waals surface area contributed by atoms with E-state index in [4.69, 9.17) is 0 Å². The van der Waals surface area contributed by atoms with Gasteiger partial charge in [0.2, 0.25) is 0 Å². The lowest BCUT2D eigenvalue weighted by Gasteiger charge is -2.27. The number of nitrogens with one attached hydrogen (secondary N) is 1. The van der Waals surface area contributed by atoms with E-state index in [1.165, 1.54) is 12.8 Å². The monoisotopic (exact) mass is 263 g/mol. The highest BCUT2D eigenvalue weighted by atomic mass is 16.2. The molecule has 0 unspecified atom stereocenters. The molecular weight excluding hydrogens is 238 g/mol. The van der Waals surface area contributed by atoms with E-state index in [-0.39, 0.29) is 5.91 Å². The van der Waals surface area contributed by atoms with Crippen LogP contribution in [0, 0.1) is 6.92 Å². The van der Waals surface area contributed by atoms with E-state index in [1.807, 2.05) is 24.0 Å². The summed E-state index contributed by atoms with van der Waals surface area (Å²) in [5, 5.41) is 3.22. The molecule has 2 rings (SSSR count). The number of pyridine rings is 1. The molecule has 4 heteroatoms. The lowest BCUT2D eigenvalue weighted by molar-refractivity contribution is 0.0730. The third kappa shape index (κ3) is 5.39. The van der Waals surface area contributed by atoms with Crippen molar-refractivity contribution in [2.24, 2.45) is 0 Å². The number of aromatic nitrogens is 1. The minimum atomic E-state index is 0.0419. The zero-order chi connectivity index (χ0) is 14.1. The Balaban J connectivity index is 0.000000399. The van der Waals surface area contributed by atoms with Crippen LogP contribution >= 0.6 is 0 Å². The number of rotatable bonds is 2. The predicted molar refractivity (Wildman–Crippen MR) is 78.3 cm³/mol. The SMILES string of the molecule is CCCC.Cc1ccnc(C(=O)N2CCNCC2)c1. The van der Waals surface area contributed by atoms with Crippen molar-refractivity contribution in [2.45, 2.75) is 33.6 Å². The summed E-state index contributed by atoms with van der Waals surface area (Å²) in [6.07, 6.45) is 4.32. The summed E-state index contributed by atoms with van der Waals surface area (Å²) in [6.45, 7) is 9.62. The number of piperazine rings is 1. The van der Waals surface area contributed by atoms with Gasteiger partial charge in [0.15, 0.2) is 0 Å². The maximum Gasteiger partial charge on any atom is 0.272 e. The van der Waals surface area contributed by atoms with Crippen molar-refractivity contribution in [1.29, 1.82) is 0 Å². The van der Waals surface area contributed by atoms with Gasteiger partial charge in [-0.15, -0.1) is 0 Å². The van der Waals surface area contributed by atoms with Crippen LogP contribution in [-0.4, -0.2) is 42.0 Å². The molecule has 0 atom stereocenters. The van der Waals surface area contributed by atoms with Crippen LogP contribution < -0.4 is 5.32 Å². The van der Waals surface area contributed by atoms with E-state index in [0.29, 0.717) is 5.69 Å². The van der Waals surface area contributed by atoms with E-state index >= 15 is 0 Å². The zero-order valence-electron chi connectivity index (χ0n) is 12.3. The van der Waals surface area contributed by atoms with Crippen LogP contribution in [0.5, 0.6) is 0 Å². The second kappa shape index (κ2) is 8.64. The number of carbonyl (C=O) groups excluding carboxylic acids is 1. The highest BCUT2D eigenvalue weighted by Crippen LogP contribution is 2.05. The van der Waals surface area contributed by atoms with Crippen LogP contribution in [0.3, 0.4) is 0 Å². The minimum Gasteiger partial charge on any atom is -0.335 e. The summed E-state index contributed by atoms with van der Waals surface area (Å²) in [5.41, 5.74) is 1.63. The summed E-state index contributed by atoms with van der Waals surface area (Å²) in [7, 11) is 0. The number of amides is 1. The molecule has 0 bridgehead atoms. The third-order valence-corrected chi connectivity index (χ3v) is 3.04. The Hall–Kier alpha value is -1.42. The van der Waals surface area contributed by atoms with Crippen molar-refractivity contribution in [1.82, 2.24) is 15.2 Å². The number of carbonyl (C=O) groups is 1. The molecule has 19 heavy (non-hydrogen) atoms. The first kappa shape index (κ1) is 15.6. The second-order valence-corrected chi connectivity index (χ2v) is 4.76. The maximum atomic E-state index is 12.0. The first-order chi connectivity index (χ1) is 9.19. The number of hydrogen-bond acceptors (Lipinski definition) is 3. The summed E-state index contributed by atoms with van der Waals surface area (Å²) >= 11 is 0. The number of nitrogens with zero attached hydrogens (tertiary/aromatic N) is 2. The molecule has 1 saturated heterocycles.